The maximum absolute atomic E-state index is 12.2. The molecule has 0 radical (unpaired) electrons. The number of rotatable bonds is 5. The second kappa shape index (κ2) is 7.19. The molecule has 1 saturated heterocycles. The van der Waals surface area contributed by atoms with Crippen LogP contribution < -0.4 is 15.5 Å². The Balaban J connectivity index is 1.62. The van der Waals surface area contributed by atoms with E-state index in [1.807, 2.05) is 37.4 Å². The zero-order chi connectivity index (χ0) is 16.1. The Kier molecular flexibility index (Phi) is 4.83. The molecular formula is C17H21N5O. The number of hydrogen-bond acceptors (Lipinski definition) is 5. The summed E-state index contributed by atoms with van der Waals surface area (Å²) >= 11 is 0. The van der Waals surface area contributed by atoms with Crippen molar-refractivity contribution in [3.8, 4) is 0 Å². The topological polar surface area (TPSA) is 70.2 Å². The summed E-state index contributed by atoms with van der Waals surface area (Å²) in [6.07, 6.45) is 4.32. The van der Waals surface area contributed by atoms with Gasteiger partial charge in [-0.2, -0.15) is 0 Å². The van der Waals surface area contributed by atoms with E-state index in [1.54, 1.807) is 12.4 Å². The molecule has 2 N–H and O–H groups in total. The maximum Gasteiger partial charge on any atom is 0.258 e. The lowest BCUT2D eigenvalue weighted by Crippen LogP contribution is -2.25. The number of nitrogens with zero attached hydrogens (tertiary/aromatic N) is 3. The molecule has 0 spiro atoms. The van der Waals surface area contributed by atoms with Crippen molar-refractivity contribution in [3.05, 3.63) is 48.3 Å². The molecule has 2 heterocycles. The number of anilines is 2. The average molecular weight is 311 g/mol. The van der Waals surface area contributed by atoms with Gasteiger partial charge in [0.25, 0.3) is 5.91 Å². The third-order valence-corrected chi connectivity index (χ3v) is 3.99. The lowest BCUT2D eigenvalue weighted by atomic mass is 10.1. The first-order chi connectivity index (χ1) is 11.3. The van der Waals surface area contributed by atoms with Crippen molar-refractivity contribution in [2.45, 2.75) is 6.42 Å². The predicted octanol–water partition coefficient (Wildman–Crippen LogP) is 1.77. The SMILES string of the molecule is CNCC1CCN(c2ncc(C(=O)Nc3ccccc3)cn2)C1. The molecule has 1 atom stereocenters. The number of carbonyl (C=O) groups is 1. The maximum atomic E-state index is 12.2. The predicted molar refractivity (Wildman–Crippen MR) is 90.7 cm³/mol. The lowest BCUT2D eigenvalue weighted by Gasteiger charge is -2.16. The fraction of sp³-hybridized carbons (Fsp3) is 0.353. The number of amides is 1. The third kappa shape index (κ3) is 3.84. The van der Waals surface area contributed by atoms with E-state index >= 15 is 0 Å². The first kappa shape index (κ1) is 15.4. The van der Waals surface area contributed by atoms with Gasteiger partial charge in [-0.05, 0) is 38.1 Å². The standard InChI is InChI=1S/C17H21N5O/c1-18-9-13-7-8-22(12-13)17-19-10-14(11-20-17)16(23)21-15-5-3-2-4-6-15/h2-6,10-11,13,18H,7-9,12H2,1H3,(H,21,23). The molecule has 6 nitrogen and oxygen atoms in total. The van der Waals surface area contributed by atoms with Gasteiger partial charge < -0.3 is 15.5 Å². The highest BCUT2D eigenvalue weighted by atomic mass is 16.1. The summed E-state index contributed by atoms with van der Waals surface area (Å²) in [5.41, 5.74) is 1.22. The van der Waals surface area contributed by atoms with Crippen LogP contribution in [0, 0.1) is 5.92 Å². The summed E-state index contributed by atoms with van der Waals surface area (Å²) in [7, 11) is 1.97. The molecule has 6 heteroatoms. The van der Waals surface area contributed by atoms with Crippen LogP contribution in [0.25, 0.3) is 0 Å². The average Bonchev–Trinajstić information content (AvgIpc) is 3.05. The first-order valence-corrected chi connectivity index (χ1v) is 7.84. The molecule has 1 aromatic heterocycles. The Morgan fingerprint density at radius 3 is 2.70 bits per heavy atom. The quantitative estimate of drug-likeness (QED) is 0.881. The molecule has 1 aliphatic rings. The van der Waals surface area contributed by atoms with Crippen LogP contribution in [-0.4, -0.2) is 42.6 Å². The Bertz CT molecular complexity index is 644. The summed E-state index contributed by atoms with van der Waals surface area (Å²) in [6.45, 7) is 2.92. The van der Waals surface area contributed by atoms with Crippen molar-refractivity contribution in [3.63, 3.8) is 0 Å². The highest BCUT2D eigenvalue weighted by Crippen LogP contribution is 2.20. The molecule has 1 fully saturated rings. The molecule has 3 rings (SSSR count). The summed E-state index contributed by atoms with van der Waals surface area (Å²) in [5, 5.41) is 6.04. The highest BCUT2D eigenvalue weighted by Gasteiger charge is 2.23. The fourth-order valence-electron chi connectivity index (χ4n) is 2.80. The number of benzene rings is 1. The third-order valence-electron chi connectivity index (χ3n) is 3.99. The summed E-state index contributed by atoms with van der Waals surface area (Å²) < 4.78 is 0. The van der Waals surface area contributed by atoms with Crippen LogP contribution in [0.15, 0.2) is 42.7 Å². The van der Waals surface area contributed by atoms with Crippen LogP contribution in [0.1, 0.15) is 16.8 Å². The van der Waals surface area contributed by atoms with Crippen LogP contribution in [0.2, 0.25) is 0 Å². The van der Waals surface area contributed by atoms with Gasteiger partial charge in [0.15, 0.2) is 0 Å². The second-order valence-electron chi connectivity index (χ2n) is 5.75. The van der Waals surface area contributed by atoms with Crippen molar-refractivity contribution >= 4 is 17.5 Å². The van der Waals surface area contributed by atoms with Gasteiger partial charge in [-0.1, -0.05) is 18.2 Å². The lowest BCUT2D eigenvalue weighted by molar-refractivity contribution is 0.102. The highest BCUT2D eigenvalue weighted by molar-refractivity contribution is 6.03. The van der Waals surface area contributed by atoms with E-state index in [4.69, 9.17) is 0 Å². The van der Waals surface area contributed by atoms with Gasteiger partial charge in [0.1, 0.15) is 0 Å². The normalized spacial score (nSPS) is 17.3. The molecule has 1 unspecified atom stereocenters. The fourth-order valence-corrected chi connectivity index (χ4v) is 2.80. The van der Waals surface area contributed by atoms with E-state index < -0.39 is 0 Å². The Labute approximate surface area is 135 Å². The van der Waals surface area contributed by atoms with E-state index in [0.717, 1.165) is 31.7 Å². The minimum atomic E-state index is -0.197. The molecule has 23 heavy (non-hydrogen) atoms. The number of carbonyl (C=O) groups excluding carboxylic acids is 1. The van der Waals surface area contributed by atoms with Crippen molar-refractivity contribution < 1.29 is 4.79 Å². The van der Waals surface area contributed by atoms with Crippen molar-refractivity contribution in [1.29, 1.82) is 0 Å². The van der Waals surface area contributed by atoms with Crippen LogP contribution in [-0.2, 0) is 0 Å². The monoisotopic (exact) mass is 311 g/mol. The zero-order valence-corrected chi connectivity index (χ0v) is 13.2. The number of hydrogen-bond donors (Lipinski definition) is 2. The van der Waals surface area contributed by atoms with Crippen LogP contribution in [0.4, 0.5) is 11.6 Å². The molecule has 120 valence electrons. The molecular weight excluding hydrogens is 290 g/mol. The van der Waals surface area contributed by atoms with E-state index in [1.165, 1.54) is 0 Å². The van der Waals surface area contributed by atoms with Gasteiger partial charge in [0.2, 0.25) is 5.95 Å². The van der Waals surface area contributed by atoms with Crippen molar-refractivity contribution in [1.82, 2.24) is 15.3 Å². The largest absolute Gasteiger partial charge is 0.340 e. The number of aromatic nitrogens is 2. The number of nitrogens with one attached hydrogen (secondary N) is 2. The molecule has 0 aliphatic carbocycles. The van der Waals surface area contributed by atoms with Crippen molar-refractivity contribution in [2.75, 3.05) is 36.9 Å². The molecule has 1 amide bonds. The van der Waals surface area contributed by atoms with Crippen molar-refractivity contribution in [2.24, 2.45) is 5.92 Å². The molecule has 1 aromatic carbocycles. The minimum absolute atomic E-state index is 0.197. The van der Waals surface area contributed by atoms with Crippen LogP contribution in [0.5, 0.6) is 0 Å². The van der Waals surface area contributed by atoms with Gasteiger partial charge in [0.05, 0.1) is 5.56 Å². The molecule has 2 aromatic rings. The van der Waals surface area contributed by atoms with Gasteiger partial charge in [-0.15, -0.1) is 0 Å². The zero-order valence-electron chi connectivity index (χ0n) is 13.2. The van der Waals surface area contributed by atoms with Gasteiger partial charge in [0, 0.05) is 31.2 Å². The van der Waals surface area contributed by atoms with E-state index in [9.17, 15) is 4.79 Å². The van der Waals surface area contributed by atoms with Gasteiger partial charge in [-0.25, -0.2) is 9.97 Å². The van der Waals surface area contributed by atoms with E-state index in [-0.39, 0.29) is 5.91 Å². The Hall–Kier alpha value is -2.47. The van der Waals surface area contributed by atoms with E-state index in [0.29, 0.717) is 17.4 Å². The first-order valence-electron chi connectivity index (χ1n) is 7.84. The van der Waals surface area contributed by atoms with Crippen LogP contribution in [0.3, 0.4) is 0 Å². The summed E-state index contributed by atoms with van der Waals surface area (Å²) in [6, 6.07) is 9.36. The minimum Gasteiger partial charge on any atom is -0.340 e. The second-order valence-corrected chi connectivity index (χ2v) is 5.75. The number of para-hydroxylation sites is 1. The molecule has 0 saturated carbocycles. The van der Waals surface area contributed by atoms with Crippen LogP contribution >= 0.6 is 0 Å². The Morgan fingerprint density at radius 1 is 1.26 bits per heavy atom. The molecule has 1 aliphatic heterocycles. The smallest absolute Gasteiger partial charge is 0.258 e. The van der Waals surface area contributed by atoms with Gasteiger partial charge >= 0.3 is 0 Å². The Morgan fingerprint density at radius 2 is 2.00 bits per heavy atom. The van der Waals surface area contributed by atoms with Gasteiger partial charge in [-0.3, -0.25) is 4.79 Å². The van der Waals surface area contributed by atoms with E-state index in [2.05, 4.69) is 25.5 Å². The summed E-state index contributed by atoms with van der Waals surface area (Å²) in [5.74, 6) is 1.13. The molecule has 0 bridgehead atoms. The summed E-state index contributed by atoms with van der Waals surface area (Å²) in [4.78, 5) is 23.0.